The van der Waals surface area contributed by atoms with Crippen LogP contribution in [0.15, 0.2) is 41.5 Å². The lowest BCUT2D eigenvalue weighted by Crippen LogP contribution is -2.58. The van der Waals surface area contributed by atoms with Crippen LogP contribution in [0.4, 0.5) is 8.78 Å². The summed E-state index contributed by atoms with van der Waals surface area (Å²) in [6.45, 7) is 0.395. The Morgan fingerprint density at radius 3 is 2.89 bits per heavy atom. The normalized spacial score (nSPS) is 24.5. The van der Waals surface area contributed by atoms with E-state index in [1.54, 1.807) is 0 Å². The van der Waals surface area contributed by atoms with Gasteiger partial charge in [-0.05, 0) is 30.7 Å². The lowest BCUT2D eigenvalue weighted by atomic mass is 9.74. The maximum Gasteiger partial charge on any atom is 0.235 e. The van der Waals surface area contributed by atoms with E-state index in [1.165, 1.54) is 42.3 Å². The summed E-state index contributed by atoms with van der Waals surface area (Å²) in [7, 11) is 1.54. The summed E-state index contributed by atoms with van der Waals surface area (Å²) >= 11 is 0. The summed E-state index contributed by atoms with van der Waals surface area (Å²) in [6.07, 6.45) is 1.41. The molecule has 0 unspecified atom stereocenters. The van der Waals surface area contributed by atoms with Gasteiger partial charge in [0.15, 0.2) is 5.96 Å². The molecule has 1 fully saturated rings. The standard InChI is InChI=1S/C19H18F2N4O3/c1-25-17(26)13-6-7-27-10-19(13,24-18(25)22)14-8-12(3-4-15(14)21)28-16-5-2-11(20)9-23-16/h2-5,8-9,13H,6-7,10H2,1H3,(H2,22,24)/t13-,19-/m0/s1. The minimum Gasteiger partial charge on any atom is -0.439 e. The summed E-state index contributed by atoms with van der Waals surface area (Å²) in [5.41, 5.74) is 4.81. The van der Waals surface area contributed by atoms with E-state index in [-0.39, 0.29) is 35.7 Å². The van der Waals surface area contributed by atoms with Gasteiger partial charge < -0.3 is 15.2 Å². The van der Waals surface area contributed by atoms with Crippen LogP contribution in [-0.2, 0) is 15.1 Å². The second kappa shape index (κ2) is 6.83. The molecule has 0 aliphatic carbocycles. The number of rotatable bonds is 3. The number of ether oxygens (including phenoxy) is 2. The van der Waals surface area contributed by atoms with Gasteiger partial charge in [0.05, 0.1) is 18.7 Å². The molecule has 0 radical (unpaired) electrons. The van der Waals surface area contributed by atoms with Crippen LogP contribution < -0.4 is 10.5 Å². The van der Waals surface area contributed by atoms with Crippen LogP contribution in [0.2, 0.25) is 0 Å². The number of carbonyl (C=O) groups is 1. The Bertz CT molecular complexity index is 951. The maximum absolute atomic E-state index is 14.9. The number of amides is 1. The molecule has 2 aliphatic rings. The van der Waals surface area contributed by atoms with E-state index in [1.807, 2.05) is 0 Å². The Morgan fingerprint density at radius 2 is 2.14 bits per heavy atom. The topological polar surface area (TPSA) is 90.0 Å². The molecule has 1 amide bonds. The van der Waals surface area contributed by atoms with E-state index in [0.717, 1.165) is 6.20 Å². The average molecular weight is 388 g/mol. The molecule has 1 aromatic carbocycles. The molecule has 3 heterocycles. The number of nitrogens with zero attached hydrogens (tertiary/aromatic N) is 3. The molecule has 0 saturated carbocycles. The Balaban J connectivity index is 1.78. The van der Waals surface area contributed by atoms with Crippen LogP contribution in [0.25, 0.3) is 0 Å². The van der Waals surface area contributed by atoms with E-state index < -0.39 is 23.1 Å². The van der Waals surface area contributed by atoms with Crippen molar-refractivity contribution in [1.29, 1.82) is 0 Å². The molecule has 2 atom stereocenters. The summed E-state index contributed by atoms with van der Waals surface area (Å²) in [5, 5.41) is 0. The lowest BCUT2D eigenvalue weighted by Gasteiger charge is -2.45. The van der Waals surface area contributed by atoms with Crippen LogP contribution in [0, 0.1) is 17.6 Å². The van der Waals surface area contributed by atoms with Crippen LogP contribution >= 0.6 is 0 Å². The maximum atomic E-state index is 14.9. The van der Waals surface area contributed by atoms with Gasteiger partial charge in [0.2, 0.25) is 11.8 Å². The zero-order chi connectivity index (χ0) is 19.9. The second-order valence-electron chi connectivity index (χ2n) is 6.74. The zero-order valence-electron chi connectivity index (χ0n) is 15.1. The van der Waals surface area contributed by atoms with Crippen molar-refractivity contribution < 1.29 is 23.0 Å². The second-order valence-corrected chi connectivity index (χ2v) is 6.74. The lowest BCUT2D eigenvalue weighted by molar-refractivity contribution is -0.140. The highest BCUT2D eigenvalue weighted by Gasteiger charge is 2.52. The Morgan fingerprint density at radius 1 is 1.32 bits per heavy atom. The smallest absolute Gasteiger partial charge is 0.235 e. The summed E-state index contributed by atoms with van der Waals surface area (Å²) in [4.78, 5) is 22.4. The quantitative estimate of drug-likeness (QED) is 0.870. The summed E-state index contributed by atoms with van der Waals surface area (Å²) < 4.78 is 39.1. The predicted octanol–water partition coefficient (Wildman–Crippen LogP) is 2.17. The molecular formula is C19H18F2N4O3. The van der Waals surface area contributed by atoms with E-state index in [2.05, 4.69) is 9.98 Å². The molecule has 1 aromatic heterocycles. The first-order valence-electron chi connectivity index (χ1n) is 8.71. The number of aromatic nitrogens is 1. The van der Waals surface area contributed by atoms with Gasteiger partial charge in [-0.3, -0.25) is 9.69 Å². The summed E-state index contributed by atoms with van der Waals surface area (Å²) in [6, 6.07) is 6.67. The van der Waals surface area contributed by atoms with E-state index >= 15 is 0 Å². The number of guanidine groups is 1. The third-order valence-corrected chi connectivity index (χ3v) is 5.06. The average Bonchev–Trinajstić information content (AvgIpc) is 2.69. The van der Waals surface area contributed by atoms with Crippen molar-refractivity contribution in [3.8, 4) is 11.6 Å². The largest absolute Gasteiger partial charge is 0.439 e. The molecule has 28 heavy (non-hydrogen) atoms. The van der Waals surface area contributed by atoms with Gasteiger partial charge in [0, 0.05) is 25.3 Å². The first kappa shape index (κ1) is 18.3. The fourth-order valence-electron chi connectivity index (χ4n) is 3.60. The first-order chi connectivity index (χ1) is 13.4. The van der Waals surface area contributed by atoms with Crippen molar-refractivity contribution in [2.24, 2.45) is 16.6 Å². The predicted molar refractivity (Wildman–Crippen MR) is 95.7 cm³/mol. The fourth-order valence-corrected chi connectivity index (χ4v) is 3.60. The van der Waals surface area contributed by atoms with Crippen molar-refractivity contribution in [2.75, 3.05) is 20.3 Å². The zero-order valence-corrected chi connectivity index (χ0v) is 15.1. The molecule has 1 saturated heterocycles. The highest BCUT2D eigenvalue weighted by molar-refractivity contribution is 6.00. The van der Waals surface area contributed by atoms with Crippen LogP contribution in [0.1, 0.15) is 12.0 Å². The van der Waals surface area contributed by atoms with Gasteiger partial charge in [-0.1, -0.05) is 0 Å². The van der Waals surface area contributed by atoms with Crippen LogP contribution in [0.3, 0.4) is 0 Å². The van der Waals surface area contributed by atoms with Crippen molar-refractivity contribution in [1.82, 2.24) is 9.88 Å². The van der Waals surface area contributed by atoms with Gasteiger partial charge >= 0.3 is 0 Å². The van der Waals surface area contributed by atoms with Gasteiger partial charge in [-0.25, -0.2) is 18.8 Å². The number of aliphatic imine (C=N–C) groups is 1. The minimum absolute atomic E-state index is 0.00215. The molecule has 2 aliphatic heterocycles. The fraction of sp³-hybridized carbons (Fsp3) is 0.316. The Hall–Kier alpha value is -3.07. The van der Waals surface area contributed by atoms with Crippen molar-refractivity contribution in [2.45, 2.75) is 12.0 Å². The molecule has 146 valence electrons. The number of benzene rings is 1. The number of fused-ring (bicyclic) bond motifs is 1. The Kier molecular flexibility index (Phi) is 4.46. The van der Waals surface area contributed by atoms with Crippen molar-refractivity contribution >= 4 is 11.9 Å². The third-order valence-electron chi connectivity index (χ3n) is 5.06. The molecule has 7 nitrogen and oxygen atoms in total. The van der Waals surface area contributed by atoms with E-state index in [0.29, 0.717) is 13.0 Å². The number of hydrogen-bond donors (Lipinski definition) is 1. The molecule has 0 bridgehead atoms. The Labute approximate surface area is 159 Å². The highest BCUT2D eigenvalue weighted by atomic mass is 19.1. The molecule has 0 spiro atoms. The third kappa shape index (κ3) is 2.97. The number of carbonyl (C=O) groups excluding carboxylic acids is 1. The monoisotopic (exact) mass is 388 g/mol. The number of hydrogen-bond acceptors (Lipinski definition) is 6. The molecular weight excluding hydrogens is 370 g/mol. The summed E-state index contributed by atoms with van der Waals surface area (Å²) in [5.74, 6) is -1.47. The van der Waals surface area contributed by atoms with Crippen LogP contribution in [-0.4, -0.2) is 42.0 Å². The van der Waals surface area contributed by atoms with Gasteiger partial charge in [-0.2, -0.15) is 0 Å². The molecule has 4 rings (SSSR count). The highest BCUT2D eigenvalue weighted by Crippen LogP contribution is 2.44. The van der Waals surface area contributed by atoms with E-state index in [4.69, 9.17) is 15.2 Å². The van der Waals surface area contributed by atoms with Crippen molar-refractivity contribution in [3.05, 3.63) is 53.7 Å². The van der Waals surface area contributed by atoms with Gasteiger partial charge in [0.1, 0.15) is 22.9 Å². The number of nitrogens with two attached hydrogens (primary N) is 1. The SMILES string of the molecule is CN1C(=O)[C@@H]2CCOC[C@]2(c2cc(Oc3ccc(F)cn3)ccc2F)N=C1N. The van der Waals surface area contributed by atoms with Gasteiger partial charge in [0.25, 0.3) is 0 Å². The first-order valence-corrected chi connectivity index (χ1v) is 8.71. The molecule has 2 aromatic rings. The number of pyridine rings is 1. The minimum atomic E-state index is -1.27. The van der Waals surface area contributed by atoms with Crippen LogP contribution in [0.5, 0.6) is 11.6 Å². The van der Waals surface area contributed by atoms with Crippen molar-refractivity contribution in [3.63, 3.8) is 0 Å². The van der Waals surface area contributed by atoms with E-state index in [9.17, 15) is 13.6 Å². The molecule has 2 N–H and O–H groups in total. The van der Waals surface area contributed by atoms with Gasteiger partial charge in [-0.15, -0.1) is 0 Å². The number of halogens is 2. The molecule has 9 heteroatoms.